The number of fused-ring (bicyclic) bond motifs is 1. The first-order valence-corrected chi connectivity index (χ1v) is 8.76. The van der Waals surface area contributed by atoms with Crippen LogP contribution >= 0.6 is 11.8 Å². The fraction of sp³-hybridized carbons (Fsp3) is 0.438. The van der Waals surface area contributed by atoms with E-state index in [1.807, 2.05) is 31.2 Å². The molecule has 1 amide bonds. The first-order valence-electron chi connectivity index (χ1n) is 7.88. The second-order valence-corrected chi connectivity index (χ2v) is 7.11. The van der Waals surface area contributed by atoms with Gasteiger partial charge in [-0.2, -0.15) is 0 Å². The number of carbonyl (C=O) groups is 1. The van der Waals surface area contributed by atoms with Gasteiger partial charge in [0.25, 0.3) is 11.1 Å². The summed E-state index contributed by atoms with van der Waals surface area (Å²) in [5, 5.41) is 11.0. The molecule has 0 unspecified atom stereocenters. The molecule has 2 atom stereocenters. The summed E-state index contributed by atoms with van der Waals surface area (Å²) in [7, 11) is 0. The van der Waals surface area contributed by atoms with E-state index in [4.69, 9.17) is 13.9 Å². The van der Waals surface area contributed by atoms with Crippen molar-refractivity contribution in [2.45, 2.75) is 42.4 Å². The number of carbonyl (C=O) groups excluding carboxylic acids is 1. The van der Waals surface area contributed by atoms with E-state index in [-0.39, 0.29) is 11.2 Å². The molecule has 2 aliphatic rings. The van der Waals surface area contributed by atoms with Crippen LogP contribution in [0.25, 0.3) is 0 Å². The molecule has 8 heteroatoms. The minimum absolute atomic E-state index is 0.00609. The Kier molecular flexibility index (Phi) is 4.05. The first kappa shape index (κ1) is 15.3. The molecule has 0 saturated heterocycles. The smallest absolute Gasteiger partial charge is 0.277 e. The number of aromatic nitrogens is 2. The fourth-order valence-electron chi connectivity index (χ4n) is 2.29. The highest BCUT2D eigenvalue weighted by Gasteiger charge is 2.29. The molecule has 0 spiro atoms. The van der Waals surface area contributed by atoms with Crippen LogP contribution in [0, 0.1) is 0 Å². The van der Waals surface area contributed by atoms with Crippen LogP contribution in [0.2, 0.25) is 0 Å². The van der Waals surface area contributed by atoms with E-state index < -0.39 is 6.10 Å². The maximum absolute atomic E-state index is 12.0. The maximum Gasteiger partial charge on any atom is 0.277 e. The summed E-state index contributed by atoms with van der Waals surface area (Å²) in [6.07, 6.45) is 1.68. The molecule has 0 bridgehead atoms. The van der Waals surface area contributed by atoms with Gasteiger partial charge in [-0.1, -0.05) is 23.9 Å². The quantitative estimate of drug-likeness (QED) is 0.831. The van der Waals surface area contributed by atoms with Crippen LogP contribution in [0.4, 0.5) is 0 Å². The molecule has 0 radical (unpaired) electrons. The molecule has 1 fully saturated rings. The van der Waals surface area contributed by atoms with Crippen molar-refractivity contribution < 1.29 is 18.7 Å². The number of rotatable bonds is 5. The van der Waals surface area contributed by atoms with E-state index >= 15 is 0 Å². The predicted octanol–water partition coefficient (Wildman–Crippen LogP) is 2.34. The fourth-order valence-corrected chi connectivity index (χ4v) is 2.99. The monoisotopic (exact) mass is 347 g/mol. The van der Waals surface area contributed by atoms with Crippen LogP contribution in [-0.4, -0.2) is 34.0 Å². The van der Waals surface area contributed by atoms with Crippen molar-refractivity contribution in [2.75, 3.05) is 6.61 Å². The van der Waals surface area contributed by atoms with E-state index in [0.717, 1.165) is 12.8 Å². The van der Waals surface area contributed by atoms with E-state index in [1.54, 1.807) is 0 Å². The van der Waals surface area contributed by atoms with Crippen molar-refractivity contribution in [2.24, 2.45) is 0 Å². The third-order valence-corrected chi connectivity index (χ3v) is 4.71. The summed E-state index contributed by atoms with van der Waals surface area (Å²) in [6, 6.07) is 7.78. The molecule has 4 rings (SSSR count). The van der Waals surface area contributed by atoms with Gasteiger partial charge in [0.15, 0.2) is 11.5 Å². The Morgan fingerprint density at radius 3 is 2.88 bits per heavy atom. The van der Waals surface area contributed by atoms with Gasteiger partial charge in [-0.25, -0.2) is 0 Å². The Hall–Kier alpha value is -2.22. The lowest BCUT2D eigenvalue weighted by atomic mass is 10.2. The molecule has 1 aliphatic heterocycles. The molecule has 1 aromatic heterocycles. The molecule has 1 saturated carbocycles. The number of nitrogens with one attached hydrogen (secondary N) is 1. The zero-order chi connectivity index (χ0) is 16.5. The highest BCUT2D eigenvalue weighted by atomic mass is 32.2. The summed E-state index contributed by atoms with van der Waals surface area (Å²) in [4.78, 5) is 12.0. The summed E-state index contributed by atoms with van der Waals surface area (Å²) < 4.78 is 17.1. The molecule has 2 aromatic rings. The van der Waals surface area contributed by atoms with Gasteiger partial charge in [0.1, 0.15) is 6.61 Å². The number of hydrogen-bond donors (Lipinski definition) is 1. The number of amides is 1. The summed E-state index contributed by atoms with van der Waals surface area (Å²) >= 11 is 1.24. The Morgan fingerprint density at radius 1 is 1.29 bits per heavy atom. The Balaban J connectivity index is 1.39. The zero-order valence-corrected chi connectivity index (χ0v) is 13.9. The third-order valence-electron chi connectivity index (χ3n) is 3.78. The van der Waals surface area contributed by atoms with E-state index in [9.17, 15) is 4.79 Å². The first-order chi connectivity index (χ1) is 11.7. The Labute approximate surface area is 143 Å². The summed E-state index contributed by atoms with van der Waals surface area (Å²) in [6.45, 7) is 2.13. The van der Waals surface area contributed by atoms with Crippen molar-refractivity contribution in [1.29, 1.82) is 0 Å². The van der Waals surface area contributed by atoms with Gasteiger partial charge in [0, 0.05) is 6.04 Å². The molecule has 1 aliphatic carbocycles. The van der Waals surface area contributed by atoms with Gasteiger partial charge in [0.05, 0.1) is 5.25 Å². The standard InChI is InChI=1S/C16H17N3O4S/c1-9(14(20)17-10-6-7-10)24-16-19-18-15(23-16)13-8-21-11-4-2-3-5-12(11)22-13/h2-5,9-10,13H,6-8H2,1H3,(H,17,20)/t9-,13+/m0/s1. The molecule has 2 heterocycles. The Morgan fingerprint density at radius 2 is 2.08 bits per heavy atom. The maximum atomic E-state index is 12.0. The lowest BCUT2D eigenvalue weighted by Crippen LogP contribution is -2.32. The molecule has 7 nitrogen and oxygen atoms in total. The van der Waals surface area contributed by atoms with Gasteiger partial charge in [0.2, 0.25) is 12.0 Å². The molecule has 24 heavy (non-hydrogen) atoms. The number of hydrogen-bond acceptors (Lipinski definition) is 7. The van der Waals surface area contributed by atoms with Gasteiger partial charge in [-0.3, -0.25) is 4.79 Å². The van der Waals surface area contributed by atoms with Crippen LogP contribution < -0.4 is 14.8 Å². The molecule has 126 valence electrons. The molecular formula is C16H17N3O4S. The van der Waals surface area contributed by atoms with E-state index in [2.05, 4.69) is 15.5 Å². The normalized spacial score (nSPS) is 20.5. The SMILES string of the molecule is C[C@H](Sc1nnc([C@H]2COc3ccccc3O2)o1)C(=O)NC1CC1. The van der Waals surface area contributed by atoms with Crippen molar-refractivity contribution >= 4 is 17.7 Å². The number of nitrogens with zero attached hydrogens (tertiary/aromatic N) is 2. The van der Waals surface area contributed by atoms with Crippen LogP contribution in [0.1, 0.15) is 31.8 Å². The largest absolute Gasteiger partial charge is 0.485 e. The minimum atomic E-state index is -0.447. The van der Waals surface area contributed by atoms with Crippen molar-refractivity contribution in [1.82, 2.24) is 15.5 Å². The minimum Gasteiger partial charge on any atom is -0.485 e. The van der Waals surface area contributed by atoms with E-state index in [0.29, 0.717) is 35.3 Å². The van der Waals surface area contributed by atoms with Gasteiger partial charge in [-0.05, 0) is 31.9 Å². The second-order valence-electron chi connectivity index (χ2n) is 5.81. The summed E-state index contributed by atoms with van der Waals surface area (Å²) in [5.74, 6) is 1.70. The number of thioether (sulfide) groups is 1. The van der Waals surface area contributed by atoms with Crippen molar-refractivity contribution in [3.05, 3.63) is 30.2 Å². The number of para-hydroxylation sites is 2. The topological polar surface area (TPSA) is 86.5 Å². The van der Waals surface area contributed by atoms with Gasteiger partial charge < -0.3 is 19.2 Å². The lowest BCUT2D eigenvalue weighted by molar-refractivity contribution is -0.120. The highest BCUT2D eigenvalue weighted by Crippen LogP contribution is 2.36. The van der Waals surface area contributed by atoms with Crippen LogP contribution in [0.5, 0.6) is 11.5 Å². The molecule has 1 N–H and O–H groups in total. The van der Waals surface area contributed by atoms with Crippen LogP contribution in [0.15, 0.2) is 33.9 Å². The van der Waals surface area contributed by atoms with Crippen LogP contribution in [-0.2, 0) is 4.79 Å². The predicted molar refractivity (Wildman–Crippen MR) is 86.1 cm³/mol. The zero-order valence-electron chi connectivity index (χ0n) is 13.1. The third kappa shape index (κ3) is 3.33. The average molecular weight is 347 g/mol. The Bertz CT molecular complexity index is 746. The molecular weight excluding hydrogens is 330 g/mol. The van der Waals surface area contributed by atoms with Crippen molar-refractivity contribution in [3.63, 3.8) is 0 Å². The second kappa shape index (κ2) is 6.35. The molecule has 1 aromatic carbocycles. The highest BCUT2D eigenvalue weighted by molar-refractivity contribution is 8.00. The lowest BCUT2D eigenvalue weighted by Gasteiger charge is -2.23. The van der Waals surface area contributed by atoms with Gasteiger partial charge >= 0.3 is 0 Å². The van der Waals surface area contributed by atoms with Crippen LogP contribution in [0.3, 0.4) is 0 Å². The van der Waals surface area contributed by atoms with E-state index in [1.165, 1.54) is 11.8 Å². The van der Waals surface area contributed by atoms with Gasteiger partial charge in [-0.15, -0.1) is 10.2 Å². The number of ether oxygens (including phenoxy) is 2. The average Bonchev–Trinajstić information content (AvgIpc) is 3.29. The number of benzene rings is 1. The summed E-state index contributed by atoms with van der Waals surface area (Å²) in [5.41, 5.74) is 0. The van der Waals surface area contributed by atoms with Crippen molar-refractivity contribution in [3.8, 4) is 11.5 Å².